The highest BCUT2D eigenvalue weighted by Gasteiger charge is 2.16. The molecule has 0 aliphatic carbocycles. The Balaban J connectivity index is 1.59. The predicted molar refractivity (Wildman–Crippen MR) is 108 cm³/mol. The van der Waals surface area contributed by atoms with Crippen LogP contribution in [0.5, 0.6) is 5.75 Å². The molecule has 26 heavy (non-hydrogen) atoms. The lowest BCUT2D eigenvalue weighted by Crippen LogP contribution is -2.10. The highest BCUT2D eigenvalue weighted by Crippen LogP contribution is 2.32. The topological polar surface area (TPSA) is 51.2 Å². The Morgan fingerprint density at radius 3 is 2.81 bits per heavy atom. The molecule has 4 aromatic rings. The molecule has 6 heteroatoms. The Labute approximate surface area is 159 Å². The molecule has 1 amide bonds. The molecule has 2 aromatic heterocycles. The summed E-state index contributed by atoms with van der Waals surface area (Å²) >= 11 is 2.88. The third-order valence-corrected chi connectivity index (χ3v) is 5.69. The van der Waals surface area contributed by atoms with Crippen LogP contribution in [-0.4, -0.2) is 17.5 Å². The molecule has 2 aromatic carbocycles. The number of carbonyl (C=O) groups is 1. The number of rotatable bonds is 5. The Morgan fingerprint density at radius 1 is 1.15 bits per heavy atom. The average molecular weight is 380 g/mol. The van der Waals surface area contributed by atoms with Gasteiger partial charge in [0.1, 0.15) is 10.6 Å². The van der Waals surface area contributed by atoms with Crippen LogP contribution in [-0.2, 0) is 0 Å². The molecular weight excluding hydrogens is 364 g/mol. The normalized spacial score (nSPS) is 10.8. The van der Waals surface area contributed by atoms with Crippen molar-refractivity contribution < 1.29 is 9.53 Å². The first-order chi connectivity index (χ1) is 12.7. The van der Waals surface area contributed by atoms with E-state index in [0.29, 0.717) is 16.6 Å². The quantitative estimate of drug-likeness (QED) is 0.485. The molecular formula is C20H16N2O2S2. The molecule has 0 atom stereocenters. The summed E-state index contributed by atoms with van der Waals surface area (Å²) in [6.07, 6.45) is 0. The Bertz CT molecular complexity index is 1050. The standard InChI is InChI=1S/C20H16N2O2S2/c1-2-24-14-8-9-16-17(12-14)26-20(21-16)22-19(23)18-15(10-11-25-18)13-6-4-3-5-7-13/h3-12H,2H2,1H3,(H,21,22,23). The molecule has 0 aliphatic rings. The van der Waals surface area contributed by atoms with Gasteiger partial charge in [0.2, 0.25) is 0 Å². The number of hydrogen-bond donors (Lipinski definition) is 1. The number of anilines is 1. The van der Waals surface area contributed by atoms with Crippen molar-refractivity contribution in [3.05, 3.63) is 64.9 Å². The van der Waals surface area contributed by atoms with Crippen LogP contribution in [0.15, 0.2) is 60.0 Å². The number of amides is 1. The van der Waals surface area contributed by atoms with E-state index < -0.39 is 0 Å². The van der Waals surface area contributed by atoms with Gasteiger partial charge in [0.15, 0.2) is 5.13 Å². The molecule has 0 radical (unpaired) electrons. The highest BCUT2D eigenvalue weighted by atomic mass is 32.1. The fraction of sp³-hybridized carbons (Fsp3) is 0.100. The van der Waals surface area contributed by atoms with E-state index in [1.807, 2.05) is 66.9 Å². The number of ether oxygens (including phenoxy) is 1. The van der Waals surface area contributed by atoms with Crippen molar-refractivity contribution in [2.24, 2.45) is 0 Å². The lowest BCUT2D eigenvalue weighted by molar-refractivity contribution is 0.103. The summed E-state index contributed by atoms with van der Waals surface area (Å²) in [5.41, 5.74) is 2.82. The van der Waals surface area contributed by atoms with Crippen molar-refractivity contribution in [3.63, 3.8) is 0 Å². The van der Waals surface area contributed by atoms with E-state index >= 15 is 0 Å². The predicted octanol–water partition coefficient (Wildman–Crippen LogP) is 5.68. The maximum atomic E-state index is 12.8. The van der Waals surface area contributed by atoms with Gasteiger partial charge in [0.05, 0.1) is 16.8 Å². The fourth-order valence-corrected chi connectivity index (χ4v) is 4.40. The van der Waals surface area contributed by atoms with Crippen molar-refractivity contribution >= 4 is 43.9 Å². The lowest BCUT2D eigenvalue weighted by Gasteiger charge is -2.03. The van der Waals surface area contributed by atoms with Crippen LogP contribution in [0, 0.1) is 0 Å². The molecule has 1 N–H and O–H groups in total. The van der Waals surface area contributed by atoms with Gasteiger partial charge in [-0.15, -0.1) is 11.3 Å². The summed E-state index contributed by atoms with van der Waals surface area (Å²) in [4.78, 5) is 17.9. The van der Waals surface area contributed by atoms with Gasteiger partial charge < -0.3 is 4.74 Å². The monoisotopic (exact) mass is 380 g/mol. The summed E-state index contributed by atoms with van der Waals surface area (Å²) in [6, 6.07) is 17.6. The first-order valence-corrected chi connectivity index (χ1v) is 9.92. The maximum absolute atomic E-state index is 12.8. The van der Waals surface area contributed by atoms with Crippen LogP contribution in [0.4, 0.5) is 5.13 Å². The summed E-state index contributed by atoms with van der Waals surface area (Å²) in [6.45, 7) is 2.57. The minimum atomic E-state index is -0.136. The zero-order valence-corrected chi connectivity index (χ0v) is 15.7. The number of thiophene rings is 1. The minimum absolute atomic E-state index is 0.136. The lowest BCUT2D eigenvalue weighted by atomic mass is 10.1. The SMILES string of the molecule is CCOc1ccc2nc(NC(=O)c3sccc3-c3ccccc3)sc2c1. The molecule has 0 saturated heterocycles. The summed E-state index contributed by atoms with van der Waals surface area (Å²) in [7, 11) is 0. The number of carbonyl (C=O) groups excluding carboxylic acids is 1. The van der Waals surface area contributed by atoms with Crippen molar-refractivity contribution in [1.82, 2.24) is 4.98 Å². The second kappa shape index (κ2) is 7.27. The summed E-state index contributed by atoms with van der Waals surface area (Å²) in [5, 5.41) is 5.46. The van der Waals surface area contributed by atoms with Gasteiger partial charge in [-0.25, -0.2) is 4.98 Å². The van der Waals surface area contributed by atoms with E-state index in [0.717, 1.165) is 27.1 Å². The summed E-state index contributed by atoms with van der Waals surface area (Å²) < 4.78 is 6.51. The first-order valence-electron chi connectivity index (χ1n) is 8.22. The Morgan fingerprint density at radius 2 is 2.00 bits per heavy atom. The van der Waals surface area contributed by atoms with E-state index in [1.54, 1.807) is 0 Å². The fourth-order valence-electron chi connectivity index (χ4n) is 2.70. The Hall–Kier alpha value is -2.70. The van der Waals surface area contributed by atoms with Gasteiger partial charge in [-0.05, 0) is 42.1 Å². The summed E-state index contributed by atoms with van der Waals surface area (Å²) in [5.74, 6) is 0.675. The molecule has 4 nitrogen and oxygen atoms in total. The molecule has 0 bridgehead atoms. The van der Waals surface area contributed by atoms with Crippen molar-refractivity contribution in [2.75, 3.05) is 11.9 Å². The molecule has 0 fully saturated rings. The number of benzene rings is 2. The van der Waals surface area contributed by atoms with Crippen LogP contribution in [0.3, 0.4) is 0 Å². The zero-order valence-electron chi connectivity index (χ0n) is 14.1. The third-order valence-electron chi connectivity index (χ3n) is 3.85. The molecule has 130 valence electrons. The first kappa shape index (κ1) is 16.8. The van der Waals surface area contributed by atoms with E-state index in [9.17, 15) is 4.79 Å². The average Bonchev–Trinajstić information content (AvgIpc) is 3.29. The van der Waals surface area contributed by atoms with Gasteiger partial charge in [-0.3, -0.25) is 10.1 Å². The molecule has 2 heterocycles. The van der Waals surface area contributed by atoms with Crippen LogP contribution in [0.1, 0.15) is 16.6 Å². The molecule has 0 spiro atoms. The van der Waals surface area contributed by atoms with E-state index in [2.05, 4.69) is 10.3 Å². The van der Waals surface area contributed by atoms with E-state index in [4.69, 9.17) is 4.74 Å². The van der Waals surface area contributed by atoms with Gasteiger partial charge in [0.25, 0.3) is 5.91 Å². The maximum Gasteiger partial charge on any atom is 0.268 e. The molecule has 0 aliphatic heterocycles. The van der Waals surface area contributed by atoms with Gasteiger partial charge in [-0.2, -0.15) is 0 Å². The second-order valence-electron chi connectivity index (χ2n) is 5.57. The zero-order chi connectivity index (χ0) is 17.9. The largest absolute Gasteiger partial charge is 0.494 e. The number of nitrogens with one attached hydrogen (secondary N) is 1. The van der Waals surface area contributed by atoms with Crippen LogP contribution < -0.4 is 10.1 Å². The number of nitrogens with zero attached hydrogens (tertiary/aromatic N) is 1. The van der Waals surface area contributed by atoms with Crippen LogP contribution in [0.25, 0.3) is 21.3 Å². The van der Waals surface area contributed by atoms with Gasteiger partial charge in [0, 0.05) is 5.56 Å². The third kappa shape index (κ3) is 3.34. The van der Waals surface area contributed by atoms with E-state index in [-0.39, 0.29) is 5.91 Å². The Kier molecular flexibility index (Phi) is 4.69. The molecule has 4 rings (SSSR count). The van der Waals surface area contributed by atoms with Gasteiger partial charge in [-0.1, -0.05) is 41.7 Å². The smallest absolute Gasteiger partial charge is 0.268 e. The van der Waals surface area contributed by atoms with Crippen LogP contribution >= 0.6 is 22.7 Å². The number of fused-ring (bicyclic) bond motifs is 1. The molecule has 0 unspecified atom stereocenters. The second-order valence-corrected chi connectivity index (χ2v) is 7.51. The van der Waals surface area contributed by atoms with Crippen molar-refractivity contribution in [1.29, 1.82) is 0 Å². The van der Waals surface area contributed by atoms with E-state index in [1.165, 1.54) is 22.7 Å². The minimum Gasteiger partial charge on any atom is -0.494 e. The van der Waals surface area contributed by atoms with Crippen LogP contribution in [0.2, 0.25) is 0 Å². The number of aromatic nitrogens is 1. The van der Waals surface area contributed by atoms with Crippen molar-refractivity contribution in [3.8, 4) is 16.9 Å². The van der Waals surface area contributed by atoms with Crippen molar-refractivity contribution in [2.45, 2.75) is 6.92 Å². The van der Waals surface area contributed by atoms with Gasteiger partial charge >= 0.3 is 0 Å². The highest BCUT2D eigenvalue weighted by molar-refractivity contribution is 7.22. The number of hydrogen-bond acceptors (Lipinski definition) is 5. The number of thiazole rings is 1. The molecule has 0 saturated carbocycles.